The van der Waals surface area contributed by atoms with Gasteiger partial charge in [0.05, 0.1) is 5.69 Å². The van der Waals surface area contributed by atoms with Crippen LogP contribution >= 0.6 is 11.3 Å². The van der Waals surface area contributed by atoms with Crippen molar-refractivity contribution in [2.24, 2.45) is 0 Å². The number of benzene rings is 2. The van der Waals surface area contributed by atoms with E-state index in [1.54, 1.807) is 6.08 Å². The van der Waals surface area contributed by atoms with Crippen molar-refractivity contribution >= 4 is 34.1 Å². The third-order valence-electron chi connectivity index (χ3n) is 3.47. The molecule has 5 heteroatoms. The van der Waals surface area contributed by atoms with Crippen molar-refractivity contribution in [3.05, 3.63) is 71.1 Å². The van der Waals surface area contributed by atoms with Gasteiger partial charge in [-0.3, -0.25) is 4.79 Å². The minimum Gasteiger partial charge on any atom is -0.375 e. The first-order valence-electron chi connectivity index (χ1n) is 7.47. The van der Waals surface area contributed by atoms with Gasteiger partial charge < -0.3 is 11.1 Å². The molecule has 0 atom stereocenters. The van der Waals surface area contributed by atoms with Crippen LogP contribution in [0.3, 0.4) is 0 Å². The Kier molecular flexibility index (Phi) is 4.72. The number of thiazole rings is 1. The number of carbonyl (C=O) groups is 1. The number of aryl methyl sites for hydroxylation is 1. The highest BCUT2D eigenvalue weighted by molar-refractivity contribution is 7.13. The van der Waals surface area contributed by atoms with E-state index in [1.165, 1.54) is 23.0 Å². The van der Waals surface area contributed by atoms with Crippen LogP contribution in [0, 0.1) is 6.92 Å². The number of rotatable bonds is 4. The highest BCUT2D eigenvalue weighted by atomic mass is 32.1. The van der Waals surface area contributed by atoms with E-state index in [0.717, 1.165) is 22.5 Å². The number of carbonyl (C=O) groups excluding carboxylic acids is 1. The normalized spacial score (nSPS) is 10.9. The molecule has 24 heavy (non-hydrogen) atoms. The number of amides is 1. The van der Waals surface area contributed by atoms with Crippen molar-refractivity contribution in [2.75, 3.05) is 11.1 Å². The third-order valence-corrected chi connectivity index (χ3v) is 4.15. The predicted molar refractivity (Wildman–Crippen MR) is 101 cm³/mol. The van der Waals surface area contributed by atoms with Gasteiger partial charge in [-0.05, 0) is 30.7 Å². The van der Waals surface area contributed by atoms with Gasteiger partial charge in [0.15, 0.2) is 5.13 Å². The Morgan fingerprint density at radius 3 is 2.46 bits per heavy atom. The number of anilines is 2. The van der Waals surface area contributed by atoms with Crippen LogP contribution < -0.4 is 11.1 Å². The molecule has 0 unspecified atom stereocenters. The van der Waals surface area contributed by atoms with Crippen molar-refractivity contribution in [1.29, 1.82) is 0 Å². The number of hydrogen-bond acceptors (Lipinski definition) is 4. The quantitative estimate of drug-likeness (QED) is 0.696. The molecule has 0 saturated carbocycles. The molecular weight excluding hydrogens is 318 g/mol. The van der Waals surface area contributed by atoms with E-state index in [9.17, 15) is 4.79 Å². The van der Waals surface area contributed by atoms with Gasteiger partial charge in [-0.15, -0.1) is 11.3 Å². The average molecular weight is 335 g/mol. The second-order valence-electron chi connectivity index (χ2n) is 5.38. The summed E-state index contributed by atoms with van der Waals surface area (Å²) in [5.41, 5.74) is 10.4. The molecule has 1 amide bonds. The Hall–Kier alpha value is -2.92. The topological polar surface area (TPSA) is 68.0 Å². The maximum Gasteiger partial charge on any atom is 0.248 e. The van der Waals surface area contributed by atoms with Gasteiger partial charge >= 0.3 is 0 Å². The fourth-order valence-electron chi connectivity index (χ4n) is 2.18. The van der Waals surface area contributed by atoms with E-state index < -0.39 is 0 Å². The fourth-order valence-corrected chi connectivity index (χ4v) is 2.75. The second kappa shape index (κ2) is 7.10. The molecule has 3 aromatic rings. The summed E-state index contributed by atoms with van der Waals surface area (Å²) in [5.74, 6) is -0.166. The molecule has 0 aliphatic carbocycles. The first kappa shape index (κ1) is 16.0. The van der Waals surface area contributed by atoms with Crippen LogP contribution in [0.2, 0.25) is 0 Å². The summed E-state index contributed by atoms with van der Waals surface area (Å²) < 4.78 is 0. The van der Waals surface area contributed by atoms with Gasteiger partial charge in [-0.1, -0.05) is 42.0 Å². The number of nitrogen functional groups attached to an aromatic ring is 1. The summed E-state index contributed by atoms with van der Waals surface area (Å²) in [7, 11) is 0. The highest BCUT2D eigenvalue weighted by Crippen LogP contribution is 2.24. The molecule has 0 saturated heterocycles. The zero-order valence-corrected chi connectivity index (χ0v) is 14.0. The number of nitrogens with zero attached hydrogens (tertiary/aromatic N) is 1. The van der Waals surface area contributed by atoms with E-state index in [1.807, 2.05) is 60.8 Å². The zero-order valence-electron chi connectivity index (χ0n) is 13.2. The Morgan fingerprint density at radius 1 is 1.12 bits per heavy atom. The minimum absolute atomic E-state index is 0.166. The zero-order chi connectivity index (χ0) is 16.9. The van der Waals surface area contributed by atoms with Crippen LogP contribution in [0.4, 0.5) is 10.8 Å². The van der Waals surface area contributed by atoms with Crippen LogP contribution in [-0.4, -0.2) is 10.9 Å². The molecule has 0 aliphatic heterocycles. The predicted octanol–water partition coefficient (Wildman–Crippen LogP) is 4.35. The lowest BCUT2D eigenvalue weighted by Crippen LogP contribution is -2.07. The van der Waals surface area contributed by atoms with Crippen LogP contribution in [-0.2, 0) is 4.79 Å². The molecule has 1 heterocycles. The lowest BCUT2D eigenvalue weighted by Gasteiger charge is -2.03. The summed E-state index contributed by atoms with van der Waals surface area (Å²) in [5, 5.41) is 5.29. The van der Waals surface area contributed by atoms with Crippen molar-refractivity contribution in [3.8, 4) is 11.3 Å². The van der Waals surface area contributed by atoms with E-state index in [0.29, 0.717) is 5.13 Å². The van der Waals surface area contributed by atoms with Crippen LogP contribution in [0.15, 0.2) is 60.0 Å². The summed E-state index contributed by atoms with van der Waals surface area (Å²) in [6, 6.07) is 15.5. The van der Waals surface area contributed by atoms with Crippen molar-refractivity contribution in [1.82, 2.24) is 4.98 Å². The molecule has 3 N–H and O–H groups in total. The van der Waals surface area contributed by atoms with Gasteiger partial charge in [-0.25, -0.2) is 4.98 Å². The first-order chi connectivity index (χ1) is 11.6. The monoisotopic (exact) mass is 335 g/mol. The van der Waals surface area contributed by atoms with Crippen molar-refractivity contribution < 1.29 is 4.79 Å². The Labute approximate surface area is 144 Å². The molecule has 0 spiro atoms. The molecular formula is C19H17N3OS. The molecule has 2 aromatic carbocycles. The van der Waals surface area contributed by atoms with E-state index in [4.69, 9.17) is 5.73 Å². The summed E-state index contributed by atoms with van der Waals surface area (Å²) in [6.07, 6.45) is 3.32. The molecule has 0 radical (unpaired) electrons. The molecule has 0 aliphatic rings. The molecule has 0 fully saturated rings. The Bertz CT molecular complexity index is 864. The van der Waals surface area contributed by atoms with Crippen LogP contribution in [0.1, 0.15) is 11.1 Å². The lowest BCUT2D eigenvalue weighted by molar-refractivity contribution is -0.111. The van der Waals surface area contributed by atoms with Crippen LogP contribution in [0.25, 0.3) is 17.3 Å². The van der Waals surface area contributed by atoms with Crippen molar-refractivity contribution in [2.45, 2.75) is 6.92 Å². The summed E-state index contributed by atoms with van der Waals surface area (Å²) >= 11 is 1.41. The number of nitrogens with two attached hydrogens (primary N) is 1. The van der Waals surface area contributed by atoms with E-state index in [2.05, 4.69) is 10.3 Å². The minimum atomic E-state index is -0.166. The molecule has 0 bridgehead atoms. The summed E-state index contributed by atoms with van der Waals surface area (Å²) in [6.45, 7) is 2.03. The van der Waals surface area contributed by atoms with Gasteiger partial charge in [0.25, 0.3) is 0 Å². The smallest absolute Gasteiger partial charge is 0.248 e. The Morgan fingerprint density at radius 2 is 1.83 bits per heavy atom. The molecule has 3 rings (SSSR count). The first-order valence-corrected chi connectivity index (χ1v) is 8.35. The van der Waals surface area contributed by atoms with Gasteiger partial charge in [0, 0.05) is 22.7 Å². The van der Waals surface area contributed by atoms with E-state index in [-0.39, 0.29) is 5.91 Å². The standard InChI is InChI=1S/C19H17N3OS/c1-13-2-4-14(5-3-13)6-11-18(23)21-16-9-7-15(8-10-16)17-12-24-19(20)22-17/h2-12H,1H3,(H2,20,22)(H,21,23)/b11-6+. The molecule has 1 aromatic heterocycles. The van der Waals surface area contributed by atoms with Crippen molar-refractivity contribution in [3.63, 3.8) is 0 Å². The SMILES string of the molecule is Cc1ccc(/C=C/C(=O)Nc2ccc(-c3csc(N)n3)cc2)cc1. The molecule has 120 valence electrons. The Balaban J connectivity index is 1.63. The van der Waals surface area contributed by atoms with Gasteiger partial charge in [0.2, 0.25) is 5.91 Å². The highest BCUT2D eigenvalue weighted by Gasteiger charge is 2.03. The lowest BCUT2D eigenvalue weighted by atomic mass is 10.1. The average Bonchev–Trinajstić information content (AvgIpc) is 3.01. The van der Waals surface area contributed by atoms with Crippen LogP contribution in [0.5, 0.6) is 0 Å². The number of hydrogen-bond donors (Lipinski definition) is 2. The number of nitrogens with one attached hydrogen (secondary N) is 1. The third kappa shape index (κ3) is 4.08. The maximum absolute atomic E-state index is 12.0. The fraction of sp³-hybridized carbons (Fsp3) is 0.0526. The summed E-state index contributed by atoms with van der Waals surface area (Å²) in [4.78, 5) is 16.2. The van der Waals surface area contributed by atoms with Gasteiger partial charge in [0.1, 0.15) is 0 Å². The van der Waals surface area contributed by atoms with Gasteiger partial charge in [-0.2, -0.15) is 0 Å². The second-order valence-corrected chi connectivity index (χ2v) is 6.27. The number of aromatic nitrogens is 1. The maximum atomic E-state index is 12.0. The largest absolute Gasteiger partial charge is 0.375 e. The molecule has 4 nitrogen and oxygen atoms in total. The van der Waals surface area contributed by atoms with E-state index >= 15 is 0 Å².